The predicted molar refractivity (Wildman–Crippen MR) is 133 cm³/mol. The van der Waals surface area contributed by atoms with Crippen LogP contribution < -0.4 is 5.32 Å². The summed E-state index contributed by atoms with van der Waals surface area (Å²) in [5.41, 5.74) is 6.27. The fraction of sp³-hybridized carbons (Fsp3) is 0.333. The van der Waals surface area contributed by atoms with Gasteiger partial charge in [0, 0.05) is 29.9 Å². The Bertz CT molecular complexity index is 1330. The molecule has 1 N–H and O–H groups in total. The minimum atomic E-state index is -0.151. The van der Waals surface area contributed by atoms with Crippen LogP contribution >= 0.6 is 0 Å². The van der Waals surface area contributed by atoms with E-state index in [0.29, 0.717) is 12.1 Å². The van der Waals surface area contributed by atoms with Crippen molar-refractivity contribution in [2.45, 2.75) is 59.5 Å². The highest BCUT2D eigenvalue weighted by molar-refractivity contribution is 6.06. The highest BCUT2D eigenvalue weighted by Gasteiger charge is 2.20. The molecule has 3 heterocycles. The maximum Gasteiger partial charge on any atom is 0.259 e. The zero-order valence-corrected chi connectivity index (χ0v) is 20.0. The van der Waals surface area contributed by atoms with Gasteiger partial charge in [-0.1, -0.05) is 48.4 Å². The molecule has 0 atom stereocenters. The SMILES string of the molecule is Cc1ccc(Cn2nc(C)c(C(=O)Nc3cccc(-c4nnc5n4CCCCC5)c3)c2C)cc1. The van der Waals surface area contributed by atoms with E-state index in [0.717, 1.165) is 65.7 Å². The molecule has 0 unspecified atom stereocenters. The van der Waals surface area contributed by atoms with E-state index in [1.807, 2.05) is 42.8 Å². The van der Waals surface area contributed by atoms with Gasteiger partial charge in [-0.15, -0.1) is 10.2 Å². The van der Waals surface area contributed by atoms with Gasteiger partial charge in [-0.3, -0.25) is 9.48 Å². The van der Waals surface area contributed by atoms with Crippen molar-refractivity contribution in [3.05, 3.63) is 82.4 Å². The van der Waals surface area contributed by atoms with Crippen LogP contribution in [0.2, 0.25) is 0 Å². The van der Waals surface area contributed by atoms with Crippen LogP contribution in [0.15, 0.2) is 48.5 Å². The van der Waals surface area contributed by atoms with E-state index in [2.05, 4.69) is 56.4 Å². The van der Waals surface area contributed by atoms with Crippen LogP contribution in [0.5, 0.6) is 0 Å². The molecule has 2 aromatic carbocycles. The Kier molecular flexibility index (Phi) is 6.01. The molecule has 0 fully saturated rings. The summed E-state index contributed by atoms with van der Waals surface area (Å²) < 4.78 is 4.12. The fourth-order valence-electron chi connectivity index (χ4n) is 4.67. The first-order chi connectivity index (χ1) is 16.5. The number of aromatic nitrogens is 5. The smallest absolute Gasteiger partial charge is 0.259 e. The first kappa shape index (κ1) is 22.1. The number of hydrogen-bond donors (Lipinski definition) is 1. The van der Waals surface area contributed by atoms with Crippen LogP contribution in [0.1, 0.15) is 58.0 Å². The van der Waals surface area contributed by atoms with Crippen LogP contribution in [-0.4, -0.2) is 30.5 Å². The van der Waals surface area contributed by atoms with Gasteiger partial charge < -0.3 is 9.88 Å². The number of anilines is 1. The summed E-state index contributed by atoms with van der Waals surface area (Å²) in [7, 11) is 0. The van der Waals surface area contributed by atoms with Crippen molar-refractivity contribution >= 4 is 11.6 Å². The van der Waals surface area contributed by atoms with Gasteiger partial charge in [0.25, 0.3) is 5.91 Å². The lowest BCUT2D eigenvalue weighted by Crippen LogP contribution is -2.14. The summed E-state index contributed by atoms with van der Waals surface area (Å²) in [5.74, 6) is 1.77. The van der Waals surface area contributed by atoms with Gasteiger partial charge in [-0.25, -0.2) is 0 Å². The predicted octanol–water partition coefficient (Wildman–Crippen LogP) is 5.09. The molecule has 1 amide bonds. The van der Waals surface area contributed by atoms with Gasteiger partial charge in [-0.05, 0) is 51.3 Å². The Morgan fingerprint density at radius 1 is 1.00 bits per heavy atom. The van der Waals surface area contributed by atoms with Crippen LogP contribution in [-0.2, 0) is 19.5 Å². The molecule has 0 radical (unpaired) electrons. The van der Waals surface area contributed by atoms with Crippen LogP contribution in [0.4, 0.5) is 5.69 Å². The van der Waals surface area contributed by atoms with Gasteiger partial charge in [0.2, 0.25) is 0 Å². The average molecular weight is 455 g/mol. The molecule has 0 aliphatic carbocycles. The Balaban J connectivity index is 1.37. The lowest BCUT2D eigenvalue weighted by atomic mass is 10.1. The van der Waals surface area contributed by atoms with E-state index < -0.39 is 0 Å². The molecule has 7 nitrogen and oxygen atoms in total. The number of amides is 1. The Labute approximate surface area is 199 Å². The minimum Gasteiger partial charge on any atom is -0.322 e. The molecule has 7 heteroatoms. The molecule has 0 saturated carbocycles. The third-order valence-electron chi connectivity index (χ3n) is 6.55. The first-order valence-corrected chi connectivity index (χ1v) is 11.9. The van der Waals surface area contributed by atoms with E-state index in [-0.39, 0.29) is 5.91 Å². The minimum absolute atomic E-state index is 0.151. The first-order valence-electron chi connectivity index (χ1n) is 11.9. The maximum atomic E-state index is 13.2. The Morgan fingerprint density at radius 3 is 2.65 bits per heavy atom. The molecule has 0 spiro atoms. The third-order valence-corrected chi connectivity index (χ3v) is 6.55. The van der Waals surface area contributed by atoms with Gasteiger partial charge >= 0.3 is 0 Å². The van der Waals surface area contributed by atoms with Crippen molar-refractivity contribution in [3.8, 4) is 11.4 Å². The summed E-state index contributed by atoms with van der Waals surface area (Å²) in [6, 6.07) is 16.2. The number of nitrogens with one attached hydrogen (secondary N) is 1. The summed E-state index contributed by atoms with van der Waals surface area (Å²) in [5, 5.41) is 16.6. The number of benzene rings is 2. The van der Waals surface area contributed by atoms with Crippen LogP contribution in [0.25, 0.3) is 11.4 Å². The quantitative estimate of drug-likeness (QED) is 0.455. The van der Waals surface area contributed by atoms with E-state index >= 15 is 0 Å². The molecule has 4 aromatic rings. The zero-order chi connectivity index (χ0) is 23.7. The number of carbonyl (C=O) groups excluding carboxylic acids is 1. The number of aryl methyl sites for hydroxylation is 3. The number of fused-ring (bicyclic) bond motifs is 1. The molecule has 174 valence electrons. The van der Waals surface area contributed by atoms with Crippen LogP contribution in [0.3, 0.4) is 0 Å². The molecule has 5 rings (SSSR count). The number of carbonyl (C=O) groups is 1. The molecule has 1 aliphatic heterocycles. The largest absolute Gasteiger partial charge is 0.322 e. The monoisotopic (exact) mass is 454 g/mol. The van der Waals surface area contributed by atoms with E-state index in [4.69, 9.17) is 0 Å². The zero-order valence-electron chi connectivity index (χ0n) is 20.0. The third kappa shape index (κ3) is 4.38. The van der Waals surface area contributed by atoms with E-state index in [1.54, 1.807) is 0 Å². The molecular weight excluding hydrogens is 424 g/mol. The van der Waals surface area contributed by atoms with Crippen molar-refractivity contribution in [3.63, 3.8) is 0 Å². The van der Waals surface area contributed by atoms with Crippen molar-refractivity contribution in [2.75, 3.05) is 5.32 Å². The van der Waals surface area contributed by atoms with Gasteiger partial charge in [0.05, 0.1) is 17.8 Å². The maximum absolute atomic E-state index is 13.2. The second kappa shape index (κ2) is 9.25. The second-order valence-electron chi connectivity index (χ2n) is 9.13. The lowest BCUT2D eigenvalue weighted by Gasteiger charge is -2.10. The molecule has 2 aromatic heterocycles. The Morgan fingerprint density at radius 2 is 1.82 bits per heavy atom. The fourth-order valence-corrected chi connectivity index (χ4v) is 4.67. The van der Waals surface area contributed by atoms with Gasteiger partial charge in [-0.2, -0.15) is 5.10 Å². The summed E-state index contributed by atoms with van der Waals surface area (Å²) in [4.78, 5) is 13.2. The molecule has 0 bridgehead atoms. The Hall–Kier alpha value is -3.74. The van der Waals surface area contributed by atoms with Crippen molar-refractivity contribution in [2.24, 2.45) is 0 Å². The standard InChI is InChI=1S/C27H30N6O/c1-18-11-13-21(14-12-18)17-33-20(3)25(19(2)31-33)27(34)28-23-9-7-8-22(16-23)26-30-29-24-10-5-4-6-15-32(24)26/h7-9,11-14,16H,4-6,10,15,17H2,1-3H3,(H,28,34). The molecule has 1 aliphatic rings. The summed E-state index contributed by atoms with van der Waals surface area (Å²) >= 11 is 0. The average Bonchev–Trinajstić information content (AvgIpc) is 3.25. The molecular formula is C27H30N6O. The number of nitrogens with zero attached hydrogens (tertiary/aromatic N) is 5. The highest BCUT2D eigenvalue weighted by Crippen LogP contribution is 2.25. The van der Waals surface area contributed by atoms with E-state index in [9.17, 15) is 4.79 Å². The topological polar surface area (TPSA) is 77.6 Å². The highest BCUT2D eigenvalue weighted by atomic mass is 16.1. The number of rotatable bonds is 5. The molecule has 34 heavy (non-hydrogen) atoms. The van der Waals surface area contributed by atoms with Gasteiger partial charge in [0.1, 0.15) is 5.82 Å². The number of hydrogen-bond acceptors (Lipinski definition) is 4. The lowest BCUT2D eigenvalue weighted by molar-refractivity contribution is 0.102. The molecule has 0 saturated heterocycles. The summed E-state index contributed by atoms with van der Waals surface area (Å²) in [6.07, 6.45) is 4.48. The van der Waals surface area contributed by atoms with Crippen molar-refractivity contribution < 1.29 is 4.79 Å². The normalized spacial score (nSPS) is 13.4. The van der Waals surface area contributed by atoms with Crippen molar-refractivity contribution in [1.82, 2.24) is 24.5 Å². The van der Waals surface area contributed by atoms with Crippen molar-refractivity contribution in [1.29, 1.82) is 0 Å². The van der Waals surface area contributed by atoms with Gasteiger partial charge in [0.15, 0.2) is 5.82 Å². The van der Waals surface area contributed by atoms with E-state index in [1.165, 1.54) is 12.0 Å². The van der Waals surface area contributed by atoms with Crippen LogP contribution in [0, 0.1) is 20.8 Å². The second-order valence-corrected chi connectivity index (χ2v) is 9.13. The summed E-state index contributed by atoms with van der Waals surface area (Å²) in [6.45, 7) is 7.48.